The summed E-state index contributed by atoms with van der Waals surface area (Å²) in [6.07, 6.45) is 5.23. The number of rotatable bonds is 5. The van der Waals surface area contributed by atoms with Crippen molar-refractivity contribution in [3.05, 3.63) is 41.6 Å². The molecule has 0 saturated heterocycles. The molecule has 1 amide bonds. The lowest BCUT2D eigenvalue weighted by Gasteiger charge is -2.28. The van der Waals surface area contributed by atoms with Gasteiger partial charge < -0.3 is 19.8 Å². The fraction of sp³-hybridized carbons (Fsp3) is 0.429. The molecule has 6 heteroatoms. The molecule has 0 fully saturated rings. The van der Waals surface area contributed by atoms with Gasteiger partial charge in [-0.2, -0.15) is 0 Å². The molecule has 0 spiro atoms. The number of carbonyl (C=O) groups excluding carboxylic acids is 2. The zero-order valence-corrected chi connectivity index (χ0v) is 16.8. The van der Waals surface area contributed by atoms with Crippen molar-refractivity contribution in [3.8, 4) is 0 Å². The van der Waals surface area contributed by atoms with Crippen LogP contribution in [0.2, 0.25) is 0 Å². The van der Waals surface area contributed by atoms with Crippen LogP contribution in [0.15, 0.2) is 30.5 Å². The number of fused-ring (bicyclic) bond motifs is 1. The molecule has 146 valence electrons. The summed E-state index contributed by atoms with van der Waals surface area (Å²) in [7, 11) is 1.35. The van der Waals surface area contributed by atoms with E-state index in [-0.39, 0.29) is 0 Å². The van der Waals surface area contributed by atoms with E-state index in [0.717, 1.165) is 22.0 Å². The van der Waals surface area contributed by atoms with Crippen molar-refractivity contribution in [1.82, 2.24) is 10.3 Å². The smallest absolute Gasteiger partial charge is 0.408 e. The minimum absolute atomic E-state index is 0.401. The fourth-order valence-electron chi connectivity index (χ4n) is 2.85. The molecule has 2 aromatic rings. The third-order valence-corrected chi connectivity index (χ3v) is 3.91. The number of alkyl carbamates (subject to hydrolysis) is 1. The van der Waals surface area contributed by atoms with Crippen molar-refractivity contribution in [2.75, 3.05) is 7.11 Å². The summed E-state index contributed by atoms with van der Waals surface area (Å²) in [5.74, 6) is -0.401. The van der Waals surface area contributed by atoms with Crippen LogP contribution in [-0.2, 0) is 20.7 Å². The quantitative estimate of drug-likeness (QED) is 0.609. The van der Waals surface area contributed by atoms with Crippen molar-refractivity contribution in [2.45, 2.75) is 52.2 Å². The molecule has 0 unspecified atom stereocenters. The second kappa shape index (κ2) is 7.86. The number of ether oxygens (including phenoxy) is 2. The van der Waals surface area contributed by atoms with Crippen LogP contribution in [0.3, 0.4) is 0 Å². The maximum absolute atomic E-state index is 12.1. The van der Waals surface area contributed by atoms with E-state index in [0.29, 0.717) is 6.42 Å². The van der Waals surface area contributed by atoms with Gasteiger partial charge in [0.1, 0.15) is 5.60 Å². The average molecular weight is 372 g/mol. The molecule has 1 heterocycles. The van der Waals surface area contributed by atoms with Crippen molar-refractivity contribution >= 4 is 29.0 Å². The highest BCUT2D eigenvalue weighted by Crippen LogP contribution is 2.26. The first kappa shape index (κ1) is 20.6. The second-order valence-corrected chi connectivity index (χ2v) is 8.13. The number of nitrogens with one attached hydrogen (secondary N) is 2. The van der Waals surface area contributed by atoms with Crippen LogP contribution in [0.1, 0.15) is 45.7 Å². The Hall–Kier alpha value is -2.76. The average Bonchev–Trinajstić information content (AvgIpc) is 2.93. The highest BCUT2D eigenvalue weighted by atomic mass is 16.6. The van der Waals surface area contributed by atoms with Crippen molar-refractivity contribution in [3.63, 3.8) is 0 Å². The standard InChI is InChI=1S/C21H28N2O4/c1-20(2,3)27-19(25)23-21(4,5)12-15-13-22-18-14(8-7-9-16(15)18)10-11-17(24)26-6/h7-11,13,22H,12H2,1-6H3,(H,23,25)/b11-10+. The Balaban J connectivity index is 2.21. The number of hydrogen-bond donors (Lipinski definition) is 2. The second-order valence-electron chi connectivity index (χ2n) is 8.13. The van der Waals surface area contributed by atoms with E-state index in [2.05, 4.69) is 15.0 Å². The van der Waals surface area contributed by atoms with Gasteiger partial charge in [0, 0.05) is 23.2 Å². The maximum Gasteiger partial charge on any atom is 0.408 e. The number of esters is 1. The Morgan fingerprint density at radius 1 is 1.19 bits per heavy atom. The Kier molecular flexibility index (Phi) is 5.98. The van der Waals surface area contributed by atoms with E-state index in [9.17, 15) is 9.59 Å². The van der Waals surface area contributed by atoms with Crippen LogP contribution in [0.5, 0.6) is 0 Å². The summed E-state index contributed by atoms with van der Waals surface area (Å²) in [5, 5.41) is 3.97. The molecular formula is C21H28N2O4. The Morgan fingerprint density at radius 2 is 1.89 bits per heavy atom. The van der Waals surface area contributed by atoms with Gasteiger partial charge in [0.05, 0.1) is 12.6 Å². The van der Waals surface area contributed by atoms with E-state index in [1.165, 1.54) is 13.2 Å². The van der Waals surface area contributed by atoms with Crippen LogP contribution in [-0.4, -0.2) is 35.3 Å². The lowest BCUT2D eigenvalue weighted by atomic mass is 9.94. The molecule has 0 radical (unpaired) electrons. The number of benzene rings is 1. The van der Waals surface area contributed by atoms with Crippen LogP contribution in [0, 0.1) is 0 Å². The molecule has 0 atom stereocenters. The lowest BCUT2D eigenvalue weighted by Crippen LogP contribution is -2.47. The predicted molar refractivity (Wildman–Crippen MR) is 107 cm³/mol. The predicted octanol–water partition coefficient (Wildman–Crippen LogP) is 4.20. The molecule has 1 aromatic heterocycles. The first-order valence-electron chi connectivity index (χ1n) is 8.87. The number of amides is 1. The summed E-state index contributed by atoms with van der Waals surface area (Å²) in [4.78, 5) is 26.7. The zero-order valence-electron chi connectivity index (χ0n) is 16.8. The Labute approximate surface area is 159 Å². The lowest BCUT2D eigenvalue weighted by molar-refractivity contribution is -0.134. The number of methoxy groups -OCH3 is 1. The van der Waals surface area contributed by atoms with Crippen LogP contribution >= 0.6 is 0 Å². The van der Waals surface area contributed by atoms with Crippen LogP contribution in [0.25, 0.3) is 17.0 Å². The van der Waals surface area contributed by atoms with Crippen molar-refractivity contribution in [1.29, 1.82) is 0 Å². The van der Waals surface area contributed by atoms with E-state index in [1.54, 1.807) is 6.08 Å². The van der Waals surface area contributed by atoms with Gasteiger partial charge in [-0.25, -0.2) is 9.59 Å². The number of aromatic amines is 1. The third-order valence-electron chi connectivity index (χ3n) is 3.91. The summed E-state index contributed by atoms with van der Waals surface area (Å²) in [6, 6.07) is 5.87. The molecular weight excluding hydrogens is 344 g/mol. The van der Waals surface area contributed by atoms with Gasteiger partial charge in [0.25, 0.3) is 0 Å². The molecule has 0 bridgehead atoms. The number of H-pyrrole nitrogens is 1. The van der Waals surface area contributed by atoms with Gasteiger partial charge in [-0.05, 0) is 58.2 Å². The number of carbonyl (C=O) groups is 2. The first-order chi connectivity index (χ1) is 12.5. The first-order valence-corrected chi connectivity index (χ1v) is 8.87. The summed E-state index contributed by atoms with van der Waals surface area (Å²) in [6.45, 7) is 9.42. The van der Waals surface area contributed by atoms with Crippen LogP contribution < -0.4 is 5.32 Å². The molecule has 2 N–H and O–H groups in total. The van der Waals surface area contributed by atoms with Gasteiger partial charge in [0.2, 0.25) is 0 Å². The van der Waals surface area contributed by atoms with Gasteiger partial charge in [-0.3, -0.25) is 0 Å². The SMILES string of the molecule is COC(=O)/C=C/c1cccc2c(CC(C)(C)NC(=O)OC(C)(C)C)c[nH]c12. The Bertz CT molecular complexity index is 857. The van der Waals surface area contributed by atoms with E-state index in [1.807, 2.05) is 59.0 Å². The van der Waals surface area contributed by atoms with E-state index in [4.69, 9.17) is 4.74 Å². The fourth-order valence-corrected chi connectivity index (χ4v) is 2.85. The third kappa shape index (κ3) is 5.88. The molecule has 0 aliphatic rings. The monoisotopic (exact) mass is 372 g/mol. The van der Waals surface area contributed by atoms with E-state index < -0.39 is 23.2 Å². The zero-order chi connectivity index (χ0) is 20.2. The Morgan fingerprint density at radius 3 is 2.52 bits per heavy atom. The summed E-state index contributed by atoms with van der Waals surface area (Å²) >= 11 is 0. The molecule has 6 nitrogen and oxygen atoms in total. The molecule has 1 aromatic carbocycles. The highest BCUT2D eigenvalue weighted by molar-refractivity contribution is 5.94. The number of para-hydroxylation sites is 1. The number of hydrogen-bond acceptors (Lipinski definition) is 4. The molecule has 2 rings (SSSR count). The highest BCUT2D eigenvalue weighted by Gasteiger charge is 2.26. The molecule has 0 aliphatic heterocycles. The van der Waals surface area contributed by atoms with Gasteiger partial charge in [-0.15, -0.1) is 0 Å². The summed E-state index contributed by atoms with van der Waals surface area (Å²) < 4.78 is 9.99. The largest absolute Gasteiger partial charge is 0.466 e. The normalized spacial score (nSPS) is 12.4. The van der Waals surface area contributed by atoms with Crippen molar-refractivity contribution in [2.24, 2.45) is 0 Å². The minimum Gasteiger partial charge on any atom is -0.466 e. The van der Waals surface area contributed by atoms with Gasteiger partial charge in [0.15, 0.2) is 0 Å². The minimum atomic E-state index is -0.540. The molecule has 0 aliphatic carbocycles. The number of aromatic nitrogens is 1. The van der Waals surface area contributed by atoms with E-state index >= 15 is 0 Å². The van der Waals surface area contributed by atoms with Crippen molar-refractivity contribution < 1.29 is 19.1 Å². The molecule has 27 heavy (non-hydrogen) atoms. The van der Waals surface area contributed by atoms with Gasteiger partial charge >= 0.3 is 12.1 Å². The maximum atomic E-state index is 12.1. The van der Waals surface area contributed by atoms with Crippen LogP contribution in [0.4, 0.5) is 4.79 Å². The van der Waals surface area contributed by atoms with Gasteiger partial charge in [-0.1, -0.05) is 18.2 Å². The molecule has 0 saturated carbocycles. The summed E-state index contributed by atoms with van der Waals surface area (Å²) in [5.41, 5.74) is 1.86. The topological polar surface area (TPSA) is 80.4 Å².